The van der Waals surface area contributed by atoms with E-state index in [1.54, 1.807) is 0 Å². The molecular formula is C12H13FN2O3. The molecule has 1 aliphatic rings. The second-order valence-corrected chi connectivity index (χ2v) is 4.10. The highest BCUT2D eigenvalue weighted by Gasteiger charge is 2.32. The van der Waals surface area contributed by atoms with E-state index in [2.05, 4.69) is 9.72 Å². The fourth-order valence-electron chi connectivity index (χ4n) is 2.02. The lowest BCUT2D eigenvalue weighted by atomic mass is 10.1. The molecule has 1 saturated heterocycles. The highest BCUT2D eigenvalue weighted by molar-refractivity contribution is 5.94. The summed E-state index contributed by atoms with van der Waals surface area (Å²) in [5.74, 6) is -1.88. The number of aromatic nitrogens is 1. The Morgan fingerprint density at radius 3 is 3.00 bits per heavy atom. The van der Waals surface area contributed by atoms with Crippen molar-refractivity contribution in [3.63, 3.8) is 0 Å². The first kappa shape index (κ1) is 12.5. The summed E-state index contributed by atoms with van der Waals surface area (Å²) in [4.78, 5) is 28.2. The Labute approximate surface area is 104 Å². The van der Waals surface area contributed by atoms with E-state index >= 15 is 0 Å². The van der Waals surface area contributed by atoms with Crippen LogP contribution in [0.4, 0.5) is 4.39 Å². The Morgan fingerprint density at radius 1 is 1.56 bits per heavy atom. The molecule has 1 aliphatic heterocycles. The number of amides is 1. The fourth-order valence-corrected chi connectivity index (χ4v) is 2.02. The summed E-state index contributed by atoms with van der Waals surface area (Å²) in [5, 5.41) is 0. The van der Waals surface area contributed by atoms with Crippen molar-refractivity contribution in [3.8, 4) is 0 Å². The number of likely N-dealkylation sites (tertiary alicyclic amines) is 1. The average Bonchev–Trinajstić information content (AvgIpc) is 2.87. The third-order valence-electron chi connectivity index (χ3n) is 3.00. The second-order valence-electron chi connectivity index (χ2n) is 4.10. The van der Waals surface area contributed by atoms with Crippen LogP contribution in [0.25, 0.3) is 0 Å². The summed E-state index contributed by atoms with van der Waals surface area (Å²) in [6.07, 6.45) is 1.83. The first-order valence-electron chi connectivity index (χ1n) is 5.61. The molecule has 1 unspecified atom stereocenters. The zero-order valence-corrected chi connectivity index (χ0v) is 9.93. The lowest BCUT2D eigenvalue weighted by Gasteiger charge is -2.16. The molecule has 18 heavy (non-hydrogen) atoms. The van der Waals surface area contributed by atoms with Crippen LogP contribution in [0, 0.1) is 11.9 Å². The zero-order chi connectivity index (χ0) is 13.1. The molecule has 0 saturated carbocycles. The van der Waals surface area contributed by atoms with Crippen molar-refractivity contribution in [2.45, 2.75) is 6.42 Å². The van der Waals surface area contributed by atoms with E-state index in [1.807, 2.05) is 0 Å². The molecule has 1 atom stereocenters. The van der Waals surface area contributed by atoms with E-state index in [4.69, 9.17) is 0 Å². The molecule has 0 radical (unpaired) electrons. The molecule has 0 aromatic carbocycles. The Kier molecular flexibility index (Phi) is 3.55. The van der Waals surface area contributed by atoms with E-state index in [9.17, 15) is 14.0 Å². The minimum Gasteiger partial charge on any atom is -0.469 e. The second kappa shape index (κ2) is 5.12. The molecule has 6 heteroatoms. The number of esters is 1. The van der Waals surface area contributed by atoms with Crippen LogP contribution in [-0.2, 0) is 9.53 Å². The van der Waals surface area contributed by atoms with Crippen LogP contribution in [0.2, 0.25) is 0 Å². The van der Waals surface area contributed by atoms with Gasteiger partial charge in [-0.15, -0.1) is 0 Å². The minimum absolute atomic E-state index is 0.0667. The zero-order valence-electron chi connectivity index (χ0n) is 9.93. The summed E-state index contributed by atoms with van der Waals surface area (Å²) in [6.45, 7) is 0.687. The quantitative estimate of drug-likeness (QED) is 0.578. The molecule has 1 amide bonds. The van der Waals surface area contributed by atoms with Crippen LogP contribution < -0.4 is 0 Å². The van der Waals surface area contributed by atoms with Gasteiger partial charge in [0.05, 0.1) is 18.6 Å². The van der Waals surface area contributed by atoms with Crippen molar-refractivity contribution in [1.29, 1.82) is 0 Å². The smallest absolute Gasteiger partial charge is 0.310 e. The van der Waals surface area contributed by atoms with Gasteiger partial charge in [-0.25, -0.2) is 4.98 Å². The number of hydrogen-bond donors (Lipinski definition) is 0. The van der Waals surface area contributed by atoms with Crippen molar-refractivity contribution in [2.24, 2.45) is 5.92 Å². The first-order chi connectivity index (χ1) is 8.63. The van der Waals surface area contributed by atoms with Crippen molar-refractivity contribution >= 4 is 11.9 Å². The molecule has 1 fully saturated rings. The molecule has 0 N–H and O–H groups in total. The van der Waals surface area contributed by atoms with Crippen molar-refractivity contribution < 1.29 is 18.7 Å². The summed E-state index contributed by atoms with van der Waals surface area (Å²) in [6, 6.07) is 2.89. The standard InChI is InChI=1S/C12H13FN2O3/c1-18-12(17)8-4-6-15(7-8)11(16)9-3-2-5-14-10(9)13/h2-3,5,8H,4,6-7H2,1H3. The topological polar surface area (TPSA) is 59.5 Å². The number of halogens is 1. The molecule has 0 aliphatic carbocycles. The van der Waals surface area contributed by atoms with Gasteiger partial charge in [-0.1, -0.05) is 0 Å². The van der Waals surface area contributed by atoms with Crippen molar-refractivity contribution in [2.75, 3.05) is 20.2 Å². The van der Waals surface area contributed by atoms with Gasteiger partial charge in [0.25, 0.3) is 5.91 Å². The number of pyridine rings is 1. The molecule has 1 aromatic heterocycles. The highest BCUT2D eigenvalue weighted by atomic mass is 19.1. The Balaban J connectivity index is 2.08. The van der Waals surface area contributed by atoms with Crippen LogP contribution in [0.5, 0.6) is 0 Å². The van der Waals surface area contributed by atoms with Gasteiger partial charge in [-0.05, 0) is 18.6 Å². The van der Waals surface area contributed by atoms with Gasteiger partial charge in [0.15, 0.2) is 0 Å². The van der Waals surface area contributed by atoms with E-state index in [0.717, 1.165) is 0 Å². The number of nitrogens with zero attached hydrogens (tertiary/aromatic N) is 2. The maximum absolute atomic E-state index is 13.4. The average molecular weight is 252 g/mol. The van der Waals surface area contributed by atoms with Crippen LogP contribution in [-0.4, -0.2) is 42.0 Å². The van der Waals surface area contributed by atoms with Gasteiger partial charge in [0, 0.05) is 19.3 Å². The van der Waals surface area contributed by atoms with Gasteiger partial charge in [-0.3, -0.25) is 9.59 Å². The Bertz CT molecular complexity index is 478. The van der Waals surface area contributed by atoms with E-state index in [1.165, 1.54) is 30.3 Å². The molecule has 1 aromatic rings. The van der Waals surface area contributed by atoms with Crippen LogP contribution in [0.1, 0.15) is 16.8 Å². The van der Waals surface area contributed by atoms with Gasteiger partial charge >= 0.3 is 5.97 Å². The van der Waals surface area contributed by atoms with Gasteiger partial charge in [0.1, 0.15) is 0 Å². The first-order valence-corrected chi connectivity index (χ1v) is 5.61. The lowest BCUT2D eigenvalue weighted by Crippen LogP contribution is -2.31. The predicted molar refractivity (Wildman–Crippen MR) is 60.2 cm³/mol. The van der Waals surface area contributed by atoms with E-state index in [-0.39, 0.29) is 24.0 Å². The molecule has 0 spiro atoms. The molecule has 5 nitrogen and oxygen atoms in total. The van der Waals surface area contributed by atoms with Gasteiger partial charge in [0.2, 0.25) is 5.95 Å². The summed E-state index contributed by atoms with van der Waals surface area (Å²) in [7, 11) is 1.31. The van der Waals surface area contributed by atoms with Crippen LogP contribution in [0.3, 0.4) is 0 Å². The normalized spacial score (nSPS) is 18.8. The molecule has 2 heterocycles. The third kappa shape index (κ3) is 2.32. The maximum Gasteiger partial charge on any atom is 0.310 e. The number of methoxy groups -OCH3 is 1. The van der Waals surface area contributed by atoms with Crippen molar-refractivity contribution in [3.05, 3.63) is 29.8 Å². The summed E-state index contributed by atoms with van der Waals surface area (Å²) >= 11 is 0. The minimum atomic E-state index is -0.788. The number of ether oxygens (including phenoxy) is 1. The van der Waals surface area contributed by atoms with Crippen molar-refractivity contribution in [1.82, 2.24) is 9.88 Å². The van der Waals surface area contributed by atoms with Gasteiger partial charge < -0.3 is 9.64 Å². The largest absolute Gasteiger partial charge is 0.469 e. The van der Waals surface area contributed by atoms with E-state index < -0.39 is 11.9 Å². The molecule has 96 valence electrons. The van der Waals surface area contributed by atoms with Crippen LogP contribution in [0.15, 0.2) is 18.3 Å². The SMILES string of the molecule is COC(=O)C1CCN(C(=O)c2cccnc2F)C1. The Hall–Kier alpha value is -1.98. The molecule has 2 rings (SSSR count). The predicted octanol–water partition coefficient (Wildman–Crippen LogP) is 0.856. The number of hydrogen-bond acceptors (Lipinski definition) is 4. The Morgan fingerprint density at radius 2 is 2.33 bits per heavy atom. The third-order valence-corrected chi connectivity index (χ3v) is 3.00. The van der Waals surface area contributed by atoms with Gasteiger partial charge in [-0.2, -0.15) is 4.39 Å². The summed E-state index contributed by atoms with van der Waals surface area (Å²) < 4.78 is 18.0. The molecule has 0 bridgehead atoms. The fraction of sp³-hybridized carbons (Fsp3) is 0.417. The number of carbonyl (C=O) groups excluding carboxylic acids is 2. The maximum atomic E-state index is 13.4. The van der Waals surface area contributed by atoms with E-state index in [0.29, 0.717) is 13.0 Å². The highest BCUT2D eigenvalue weighted by Crippen LogP contribution is 2.20. The monoisotopic (exact) mass is 252 g/mol. The lowest BCUT2D eigenvalue weighted by molar-refractivity contribution is -0.144. The van der Waals surface area contributed by atoms with Crippen LogP contribution >= 0.6 is 0 Å². The number of rotatable bonds is 2. The molecular weight excluding hydrogens is 239 g/mol. The summed E-state index contributed by atoms with van der Waals surface area (Å²) in [5.41, 5.74) is -0.0667. The number of carbonyl (C=O) groups is 2.